The van der Waals surface area contributed by atoms with Gasteiger partial charge in [-0.2, -0.15) is 11.8 Å². The number of pyridine rings is 1. The molecule has 0 aromatic carbocycles. The van der Waals surface area contributed by atoms with Crippen LogP contribution in [0.15, 0.2) is 36.9 Å². The first kappa shape index (κ1) is 18.0. The summed E-state index contributed by atoms with van der Waals surface area (Å²) < 4.78 is 2.21. The molecule has 1 saturated heterocycles. The molecule has 0 saturated carbocycles. The van der Waals surface area contributed by atoms with Crippen molar-refractivity contribution in [3.63, 3.8) is 0 Å². The average molecular weight is 359 g/mol. The van der Waals surface area contributed by atoms with Crippen molar-refractivity contribution in [2.45, 2.75) is 38.6 Å². The van der Waals surface area contributed by atoms with Gasteiger partial charge in [-0.25, -0.2) is 4.98 Å². The Morgan fingerprint density at radius 1 is 1.32 bits per heavy atom. The number of nitrogens with zero attached hydrogens (tertiary/aromatic N) is 4. The number of hydrogen-bond donors (Lipinski definition) is 0. The molecule has 2 aromatic heterocycles. The van der Waals surface area contributed by atoms with Gasteiger partial charge in [0.1, 0.15) is 5.82 Å². The quantitative estimate of drug-likeness (QED) is 0.714. The van der Waals surface area contributed by atoms with E-state index in [-0.39, 0.29) is 5.91 Å². The fourth-order valence-electron chi connectivity index (χ4n) is 3.31. The van der Waals surface area contributed by atoms with Crippen molar-refractivity contribution in [2.75, 3.05) is 24.6 Å². The van der Waals surface area contributed by atoms with Crippen LogP contribution in [0.2, 0.25) is 0 Å². The van der Waals surface area contributed by atoms with E-state index in [1.807, 2.05) is 41.8 Å². The topological polar surface area (TPSA) is 51.0 Å². The molecule has 5 nitrogen and oxygen atoms in total. The van der Waals surface area contributed by atoms with E-state index < -0.39 is 0 Å². The van der Waals surface area contributed by atoms with Crippen molar-refractivity contribution >= 4 is 17.7 Å². The average Bonchev–Trinajstić information content (AvgIpc) is 3.11. The van der Waals surface area contributed by atoms with Gasteiger partial charge < -0.3 is 9.47 Å². The van der Waals surface area contributed by atoms with Crippen LogP contribution in [0, 0.1) is 0 Å². The zero-order valence-electron chi connectivity index (χ0n) is 14.8. The Balaban J connectivity index is 1.64. The smallest absolute Gasteiger partial charge is 0.232 e. The van der Waals surface area contributed by atoms with Gasteiger partial charge in [-0.15, -0.1) is 0 Å². The van der Waals surface area contributed by atoms with Crippen LogP contribution < -0.4 is 0 Å². The third kappa shape index (κ3) is 4.84. The maximum absolute atomic E-state index is 12.4. The van der Waals surface area contributed by atoms with Gasteiger partial charge in [0.05, 0.1) is 5.75 Å². The second kappa shape index (κ2) is 9.04. The minimum absolute atomic E-state index is 0.274. The fourth-order valence-corrected chi connectivity index (χ4v) is 4.10. The van der Waals surface area contributed by atoms with E-state index >= 15 is 0 Å². The lowest BCUT2D eigenvalue weighted by atomic mass is 9.97. The van der Waals surface area contributed by atoms with Crippen LogP contribution in [-0.4, -0.2) is 49.9 Å². The highest BCUT2D eigenvalue weighted by Gasteiger charge is 2.27. The third-order valence-electron chi connectivity index (χ3n) is 4.56. The molecule has 134 valence electrons. The summed E-state index contributed by atoms with van der Waals surface area (Å²) >= 11 is 1.74. The maximum Gasteiger partial charge on any atom is 0.232 e. The predicted octanol–water partition coefficient (Wildman–Crippen LogP) is 3.18. The second-order valence-corrected chi connectivity index (χ2v) is 7.61. The van der Waals surface area contributed by atoms with Gasteiger partial charge in [0.15, 0.2) is 0 Å². The molecule has 1 amide bonds. The summed E-state index contributed by atoms with van der Waals surface area (Å²) in [7, 11) is 0. The van der Waals surface area contributed by atoms with Crippen molar-refractivity contribution in [1.29, 1.82) is 0 Å². The van der Waals surface area contributed by atoms with Gasteiger partial charge in [-0.05, 0) is 42.7 Å². The maximum atomic E-state index is 12.4. The number of imidazole rings is 1. The standard InChI is InChI=1S/C19H26N4OS/c1-2-12-25-15-18(24)22-10-3-4-17(14-22)19-21-9-11-23(19)13-16-5-7-20-8-6-16/h5-9,11,17H,2-4,10,12-15H2,1H3. The first-order valence-electron chi connectivity index (χ1n) is 9.03. The van der Waals surface area contributed by atoms with Crippen molar-refractivity contribution in [1.82, 2.24) is 19.4 Å². The number of carbonyl (C=O) groups excluding carboxylic acids is 1. The van der Waals surface area contributed by atoms with Crippen LogP contribution >= 0.6 is 11.8 Å². The third-order valence-corrected chi connectivity index (χ3v) is 5.71. The lowest BCUT2D eigenvalue weighted by Gasteiger charge is -2.32. The minimum atomic E-state index is 0.274. The number of hydrogen-bond acceptors (Lipinski definition) is 4. The van der Waals surface area contributed by atoms with E-state index in [0.29, 0.717) is 11.7 Å². The molecule has 3 heterocycles. The molecule has 25 heavy (non-hydrogen) atoms. The van der Waals surface area contributed by atoms with Crippen LogP contribution in [0.25, 0.3) is 0 Å². The minimum Gasteiger partial charge on any atom is -0.341 e. The summed E-state index contributed by atoms with van der Waals surface area (Å²) in [5.74, 6) is 3.35. The van der Waals surface area contributed by atoms with E-state index in [2.05, 4.69) is 21.5 Å². The van der Waals surface area contributed by atoms with Crippen LogP contribution in [0.4, 0.5) is 0 Å². The normalized spacial score (nSPS) is 17.6. The number of piperidine rings is 1. The molecule has 0 radical (unpaired) electrons. The molecule has 0 N–H and O–H groups in total. The van der Waals surface area contributed by atoms with Crippen LogP contribution in [-0.2, 0) is 11.3 Å². The van der Waals surface area contributed by atoms with Gasteiger partial charge >= 0.3 is 0 Å². The van der Waals surface area contributed by atoms with Gasteiger partial charge in [-0.1, -0.05) is 6.92 Å². The highest BCUT2D eigenvalue weighted by molar-refractivity contribution is 7.99. The Labute approximate surface area is 153 Å². The Morgan fingerprint density at radius 3 is 2.96 bits per heavy atom. The molecular formula is C19H26N4OS. The molecule has 2 aromatic rings. The van der Waals surface area contributed by atoms with Crippen molar-refractivity contribution < 1.29 is 4.79 Å². The molecule has 6 heteroatoms. The Kier molecular flexibility index (Phi) is 6.50. The van der Waals surface area contributed by atoms with Gasteiger partial charge in [0.25, 0.3) is 0 Å². The summed E-state index contributed by atoms with van der Waals surface area (Å²) in [6.07, 6.45) is 10.8. The number of aromatic nitrogens is 3. The summed E-state index contributed by atoms with van der Waals surface area (Å²) in [4.78, 5) is 23.2. The molecule has 1 aliphatic heterocycles. The Hall–Kier alpha value is -1.82. The lowest BCUT2D eigenvalue weighted by Crippen LogP contribution is -2.40. The van der Waals surface area contributed by atoms with Gasteiger partial charge in [0, 0.05) is 50.3 Å². The molecule has 0 bridgehead atoms. The Bertz CT molecular complexity index is 673. The Morgan fingerprint density at radius 2 is 2.16 bits per heavy atom. The molecule has 0 aliphatic carbocycles. The summed E-state index contributed by atoms with van der Waals surface area (Å²) in [5.41, 5.74) is 1.22. The number of carbonyl (C=O) groups is 1. The van der Waals surface area contributed by atoms with Crippen LogP contribution in [0.3, 0.4) is 0 Å². The van der Waals surface area contributed by atoms with Gasteiger partial charge in [-0.3, -0.25) is 9.78 Å². The number of likely N-dealkylation sites (tertiary alicyclic amines) is 1. The zero-order valence-corrected chi connectivity index (χ0v) is 15.6. The van der Waals surface area contributed by atoms with Gasteiger partial charge in [0.2, 0.25) is 5.91 Å². The molecule has 1 fully saturated rings. The van der Waals surface area contributed by atoms with Crippen LogP contribution in [0.5, 0.6) is 0 Å². The fraction of sp³-hybridized carbons (Fsp3) is 0.526. The van der Waals surface area contributed by atoms with Crippen LogP contribution in [0.1, 0.15) is 43.5 Å². The highest BCUT2D eigenvalue weighted by Crippen LogP contribution is 2.26. The molecule has 1 atom stereocenters. The van der Waals surface area contributed by atoms with E-state index in [0.717, 1.165) is 50.5 Å². The van der Waals surface area contributed by atoms with E-state index in [1.165, 1.54) is 5.56 Å². The largest absolute Gasteiger partial charge is 0.341 e. The zero-order chi connectivity index (χ0) is 17.5. The summed E-state index contributed by atoms with van der Waals surface area (Å²) in [5, 5.41) is 0. The number of amides is 1. The molecular weight excluding hydrogens is 332 g/mol. The highest BCUT2D eigenvalue weighted by atomic mass is 32.2. The first-order chi connectivity index (χ1) is 12.3. The van der Waals surface area contributed by atoms with E-state index in [9.17, 15) is 4.79 Å². The van der Waals surface area contributed by atoms with E-state index in [1.54, 1.807) is 11.8 Å². The molecule has 3 rings (SSSR count). The van der Waals surface area contributed by atoms with Crippen molar-refractivity contribution in [3.05, 3.63) is 48.3 Å². The molecule has 1 aliphatic rings. The van der Waals surface area contributed by atoms with E-state index in [4.69, 9.17) is 0 Å². The predicted molar refractivity (Wildman–Crippen MR) is 102 cm³/mol. The summed E-state index contributed by atoms with van der Waals surface area (Å²) in [6, 6.07) is 4.07. The second-order valence-electron chi connectivity index (χ2n) is 6.50. The summed E-state index contributed by atoms with van der Waals surface area (Å²) in [6.45, 7) is 4.62. The lowest BCUT2D eigenvalue weighted by molar-refractivity contribution is -0.129. The first-order valence-corrected chi connectivity index (χ1v) is 10.2. The monoisotopic (exact) mass is 358 g/mol. The molecule has 0 spiro atoms. The number of thioether (sulfide) groups is 1. The number of rotatable bonds is 7. The van der Waals surface area contributed by atoms with Crippen molar-refractivity contribution in [2.24, 2.45) is 0 Å². The SMILES string of the molecule is CCCSCC(=O)N1CCCC(c2nccn2Cc2ccncc2)C1. The molecule has 1 unspecified atom stereocenters. The van der Waals surface area contributed by atoms with Crippen molar-refractivity contribution in [3.8, 4) is 0 Å².